The van der Waals surface area contributed by atoms with Crippen molar-refractivity contribution in [2.24, 2.45) is 11.1 Å². The lowest BCUT2D eigenvalue weighted by molar-refractivity contribution is -0.124. The molecule has 0 radical (unpaired) electrons. The van der Waals surface area contributed by atoms with E-state index in [1.807, 2.05) is 0 Å². The van der Waals surface area contributed by atoms with E-state index >= 15 is 0 Å². The zero-order valence-corrected chi connectivity index (χ0v) is 10.7. The van der Waals surface area contributed by atoms with Gasteiger partial charge < -0.3 is 16.2 Å². The number of amides is 1. The summed E-state index contributed by atoms with van der Waals surface area (Å²) in [6.45, 7) is 1.66. The summed E-state index contributed by atoms with van der Waals surface area (Å²) in [5.41, 5.74) is 5.84. The monoisotopic (exact) mass is 242 g/mol. The SMILES string of the molecule is NCC1(CC(=O)NCCCCCCO)CCC1. The number of carbonyl (C=O) groups is 1. The van der Waals surface area contributed by atoms with E-state index in [1.54, 1.807) is 0 Å². The fourth-order valence-electron chi connectivity index (χ4n) is 2.35. The number of aliphatic hydroxyl groups excluding tert-OH is 1. The largest absolute Gasteiger partial charge is 0.396 e. The molecular weight excluding hydrogens is 216 g/mol. The highest BCUT2D eigenvalue weighted by molar-refractivity contribution is 5.76. The molecular formula is C13H26N2O2. The fraction of sp³-hybridized carbons (Fsp3) is 0.923. The Labute approximate surface area is 104 Å². The Balaban J connectivity index is 2.01. The van der Waals surface area contributed by atoms with Crippen LogP contribution in [0, 0.1) is 5.41 Å². The van der Waals surface area contributed by atoms with Gasteiger partial charge in [0.25, 0.3) is 0 Å². The van der Waals surface area contributed by atoms with Crippen molar-refractivity contribution in [1.82, 2.24) is 5.32 Å². The summed E-state index contributed by atoms with van der Waals surface area (Å²) in [4.78, 5) is 11.7. The van der Waals surface area contributed by atoms with Gasteiger partial charge in [0.2, 0.25) is 5.91 Å². The van der Waals surface area contributed by atoms with Gasteiger partial charge in [0.05, 0.1) is 0 Å². The third kappa shape index (κ3) is 5.04. The summed E-state index contributed by atoms with van der Waals surface area (Å²) in [5.74, 6) is 0.150. The summed E-state index contributed by atoms with van der Waals surface area (Å²) in [7, 11) is 0. The maximum absolute atomic E-state index is 11.7. The molecule has 100 valence electrons. The molecule has 0 bridgehead atoms. The molecule has 1 saturated carbocycles. The van der Waals surface area contributed by atoms with Gasteiger partial charge in [-0.05, 0) is 37.6 Å². The fourth-order valence-corrected chi connectivity index (χ4v) is 2.35. The van der Waals surface area contributed by atoms with Crippen molar-refractivity contribution in [3.63, 3.8) is 0 Å². The summed E-state index contributed by atoms with van der Waals surface area (Å²) in [5, 5.41) is 11.6. The van der Waals surface area contributed by atoms with E-state index in [-0.39, 0.29) is 17.9 Å². The minimum atomic E-state index is 0.112. The Morgan fingerprint density at radius 2 is 1.94 bits per heavy atom. The topological polar surface area (TPSA) is 75.4 Å². The number of unbranched alkanes of at least 4 members (excludes halogenated alkanes) is 3. The summed E-state index contributed by atoms with van der Waals surface area (Å²) < 4.78 is 0. The van der Waals surface area contributed by atoms with Crippen LogP contribution < -0.4 is 11.1 Å². The van der Waals surface area contributed by atoms with Crippen LogP contribution in [0.1, 0.15) is 51.4 Å². The van der Waals surface area contributed by atoms with Gasteiger partial charge in [-0.25, -0.2) is 0 Å². The van der Waals surface area contributed by atoms with Crippen molar-refractivity contribution in [3.05, 3.63) is 0 Å². The molecule has 0 saturated heterocycles. The molecule has 1 fully saturated rings. The normalized spacial score (nSPS) is 17.5. The second-order valence-corrected chi connectivity index (χ2v) is 5.22. The minimum Gasteiger partial charge on any atom is -0.396 e. The molecule has 0 heterocycles. The van der Waals surface area contributed by atoms with Gasteiger partial charge in [-0.15, -0.1) is 0 Å². The van der Waals surface area contributed by atoms with Crippen molar-refractivity contribution in [1.29, 1.82) is 0 Å². The van der Waals surface area contributed by atoms with Gasteiger partial charge in [-0.1, -0.05) is 19.3 Å². The first-order valence-corrected chi connectivity index (χ1v) is 6.80. The van der Waals surface area contributed by atoms with Crippen LogP contribution in [0.2, 0.25) is 0 Å². The second-order valence-electron chi connectivity index (χ2n) is 5.22. The minimum absolute atomic E-state index is 0.112. The standard InChI is InChI=1S/C13H26N2O2/c14-11-13(6-5-7-13)10-12(17)15-8-3-1-2-4-9-16/h16H,1-11,14H2,(H,15,17). The Morgan fingerprint density at radius 3 is 2.47 bits per heavy atom. The van der Waals surface area contributed by atoms with Crippen molar-refractivity contribution >= 4 is 5.91 Å². The molecule has 0 aromatic heterocycles. The zero-order chi connectivity index (χ0) is 12.6. The van der Waals surface area contributed by atoms with Gasteiger partial charge in [0, 0.05) is 19.6 Å². The molecule has 0 spiro atoms. The van der Waals surface area contributed by atoms with Crippen LogP contribution in [0.5, 0.6) is 0 Å². The highest BCUT2D eigenvalue weighted by Gasteiger charge is 2.37. The number of aliphatic hydroxyl groups is 1. The van der Waals surface area contributed by atoms with Gasteiger partial charge in [0.1, 0.15) is 0 Å². The number of nitrogens with one attached hydrogen (secondary N) is 1. The van der Waals surface area contributed by atoms with Gasteiger partial charge >= 0.3 is 0 Å². The van der Waals surface area contributed by atoms with E-state index < -0.39 is 0 Å². The molecule has 4 heteroatoms. The van der Waals surface area contributed by atoms with E-state index in [0.29, 0.717) is 13.0 Å². The number of carbonyl (C=O) groups excluding carboxylic acids is 1. The summed E-state index contributed by atoms with van der Waals surface area (Å²) in [6.07, 6.45) is 8.00. The van der Waals surface area contributed by atoms with Crippen LogP contribution in [0.25, 0.3) is 0 Å². The molecule has 0 unspecified atom stereocenters. The van der Waals surface area contributed by atoms with Crippen molar-refractivity contribution in [2.75, 3.05) is 19.7 Å². The highest BCUT2D eigenvalue weighted by atomic mass is 16.2. The highest BCUT2D eigenvalue weighted by Crippen LogP contribution is 2.42. The Morgan fingerprint density at radius 1 is 1.24 bits per heavy atom. The van der Waals surface area contributed by atoms with E-state index in [4.69, 9.17) is 10.8 Å². The van der Waals surface area contributed by atoms with E-state index in [2.05, 4.69) is 5.32 Å². The van der Waals surface area contributed by atoms with E-state index in [9.17, 15) is 4.79 Å². The Hall–Kier alpha value is -0.610. The first-order chi connectivity index (χ1) is 8.22. The van der Waals surface area contributed by atoms with Gasteiger partial charge in [-0.3, -0.25) is 4.79 Å². The van der Waals surface area contributed by atoms with Crippen LogP contribution in [0.3, 0.4) is 0 Å². The number of hydrogen-bond acceptors (Lipinski definition) is 3. The lowest BCUT2D eigenvalue weighted by Crippen LogP contribution is -2.42. The summed E-state index contributed by atoms with van der Waals surface area (Å²) in [6, 6.07) is 0. The molecule has 1 aliphatic rings. The predicted molar refractivity (Wildman–Crippen MR) is 68.5 cm³/mol. The maximum Gasteiger partial charge on any atom is 0.220 e. The number of nitrogens with two attached hydrogens (primary N) is 1. The third-order valence-electron chi connectivity index (χ3n) is 3.79. The van der Waals surface area contributed by atoms with Crippen molar-refractivity contribution < 1.29 is 9.90 Å². The second kappa shape index (κ2) is 7.67. The average Bonchev–Trinajstić information content (AvgIpc) is 2.28. The first-order valence-electron chi connectivity index (χ1n) is 6.80. The molecule has 0 atom stereocenters. The number of rotatable bonds is 9. The van der Waals surface area contributed by atoms with Gasteiger partial charge in [0.15, 0.2) is 0 Å². The molecule has 17 heavy (non-hydrogen) atoms. The first kappa shape index (κ1) is 14.5. The quantitative estimate of drug-likeness (QED) is 0.531. The Bertz CT molecular complexity index is 222. The molecule has 4 nitrogen and oxygen atoms in total. The molecule has 0 aromatic rings. The van der Waals surface area contributed by atoms with E-state index in [1.165, 1.54) is 6.42 Å². The lowest BCUT2D eigenvalue weighted by Gasteiger charge is -2.40. The molecule has 4 N–H and O–H groups in total. The van der Waals surface area contributed by atoms with Crippen LogP contribution in [-0.4, -0.2) is 30.7 Å². The smallest absolute Gasteiger partial charge is 0.220 e. The van der Waals surface area contributed by atoms with Crippen LogP contribution in [0.15, 0.2) is 0 Å². The van der Waals surface area contributed by atoms with Crippen molar-refractivity contribution in [3.8, 4) is 0 Å². The van der Waals surface area contributed by atoms with Gasteiger partial charge in [-0.2, -0.15) is 0 Å². The maximum atomic E-state index is 11.7. The van der Waals surface area contributed by atoms with Crippen LogP contribution >= 0.6 is 0 Å². The third-order valence-corrected chi connectivity index (χ3v) is 3.79. The molecule has 1 rings (SSSR count). The molecule has 1 aliphatic carbocycles. The van der Waals surface area contributed by atoms with Crippen LogP contribution in [0.4, 0.5) is 0 Å². The van der Waals surface area contributed by atoms with E-state index in [0.717, 1.165) is 45.1 Å². The lowest BCUT2D eigenvalue weighted by atomic mass is 9.66. The number of hydrogen-bond donors (Lipinski definition) is 3. The Kier molecular flexibility index (Phi) is 6.52. The molecule has 0 aliphatic heterocycles. The van der Waals surface area contributed by atoms with Crippen molar-refractivity contribution in [2.45, 2.75) is 51.4 Å². The summed E-state index contributed by atoms with van der Waals surface area (Å²) >= 11 is 0. The van der Waals surface area contributed by atoms with Crippen LogP contribution in [-0.2, 0) is 4.79 Å². The predicted octanol–water partition coefficient (Wildman–Crippen LogP) is 1.17. The molecule has 0 aromatic carbocycles. The molecule has 1 amide bonds. The average molecular weight is 242 g/mol. The zero-order valence-electron chi connectivity index (χ0n) is 10.7.